The number of nitrogens with zero attached hydrogens (tertiary/aromatic N) is 1. The first-order chi connectivity index (χ1) is 20.6. The van der Waals surface area contributed by atoms with Crippen molar-refractivity contribution in [3.8, 4) is 16.9 Å². The molecular weight excluding hydrogens is 579 g/mol. The summed E-state index contributed by atoms with van der Waals surface area (Å²) in [4.78, 5) is 25.1. The molecular formula is C34H27ClF3NO4. The zero-order chi connectivity index (χ0) is 30.6. The van der Waals surface area contributed by atoms with Gasteiger partial charge in [0.25, 0.3) is 0 Å². The molecule has 4 aromatic carbocycles. The highest BCUT2D eigenvalue weighted by molar-refractivity contribution is 6.30. The summed E-state index contributed by atoms with van der Waals surface area (Å²) >= 11 is 6.06. The summed E-state index contributed by atoms with van der Waals surface area (Å²) in [6, 6.07) is 26.2. The van der Waals surface area contributed by atoms with Crippen LogP contribution in [-0.4, -0.2) is 11.0 Å². The van der Waals surface area contributed by atoms with Crippen LogP contribution < -0.4 is 4.74 Å². The highest BCUT2D eigenvalue weighted by atomic mass is 35.5. The quantitative estimate of drug-likeness (QED) is 0.124. The van der Waals surface area contributed by atoms with Crippen molar-refractivity contribution in [3.63, 3.8) is 0 Å². The minimum atomic E-state index is -4.55. The molecule has 43 heavy (non-hydrogen) atoms. The van der Waals surface area contributed by atoms with Crippen molar-refractivity contribution in [3.05, 3.63) is 130 Å². The van der Waals surface area contributed by atoms with Gasteiger partial charge in [0, 0.05) is 23.5 Å². The van der Waals surface area contributed by atoms with Crippen LogP contribution in [0.2, 0.25) is 5.02 Å². The molecule has 9 heteroatoms. The van der Waals surface area contributed by atoms with E-state index in [-0.39, 0.29) is 12.1 Å². The third kappa shape index (κ3) is 7.34. The fraction of sp³-hybridized carbons (Fsp3) is 0.176. The van der Waals surface area contributed by atoms with Gasteiger partial charge in [-0.1, -0.05) is 66.2 Å². The largest absolute Gasteiger partial charge is 0.489 e. The van der Waals surface area contributed by atoms with E-state index in [2.05, 4.69) is 9.87 Å². The van der Waals surface area contributed by atoms with Crippen LogP contribution in [0.5, 0.6) is 5.75 Å². The Hall–Kier alpha value is -4.40. The van der Waals surface area contributed by atoms with Crippen LogP contribution in [0.15, 0.2) is 97.2 Å². The maximum atomic E-state index is 13.9. The van der Waals surface area contributed by atoms with Crippen molar-refractivity contribution >= 4 is 28.5 Å². The molecule has 0 amide bonds. The number of hydrogen-bond donors (Lipinski definition) is 0. The number of hydrogen-bond acceptors (Lipinski definition) is 5. The van der Waals surface area contributed by atoms with Crippen molar-refractivity contribution in [2.75, 3.05) is 0 Å². The first kappa shape index (κ1) is 30.1. The topological polar surface area (TPSA) is 57.7 Å². The molecule has 0 aliphatic heterocycles. The van der Waals surface area contributed by atoms with Gasteiger partial charge in [0.15, 0.2) is 0 Å². The van der Waals surface area contributed by atoms with Crippen molar-refractivity contribution in [2.24, 2.45) is 0 Å². The highest BCUT2D eigenvalue weighted by Crippen LogP contribution is 2.39. The number of carbonyl (C=O) groups is 1. The van der Waals surface area contributed by atoms with Gasteiger partial charge in [-0.3, -0.25) is 9.87 Å². The van der Waals surface area contributed by atoms with E-state index >= 15 is 0 Å². The molecule has 1 atom stereocenters. The Labute approximate surface area is 251 Å². The molecule has 5 rings (SSSR count). The predicted molar refractivity (Wildman–Crippen MR) is 158 cm³/mol. The van der Waals surface area contributed by atoms with Crippen LogP contribution in [0.1, 0.15) is 47.8 Å². The number of alkyl halides is 3. The smallest absolute Gasteiger partial charge is 0.418 e. The van der Waals surface area contributed by atoms with Gasteiger partial charge in [-0.05, 0) is 83.1 Å². The number of rotatable bonds is 9. The van der Waals surface area contributed by atoms with Gasteiger partial charge in [0.05, 0.1) is 11.1 Å². The van der Waals surface area contributed by atoms with Gasteiger partial charge in [0.1, 0.15) is 18.5 Å². The molecule has 0 radical (unpaired) electrons. The third-order valence-electron chi connectivity index (χ3n) is 6.85. The molecule has 0 aliphatic rings. The monoisotopic (exact) mass is 605 g/mol. The second-order valence-electron chi connectivity index (χ2n) is 10.0. The molecule has 0 fully saturated rings. The van der Waals surface area contributed by atoms with Crippen LogP contribution >= 0.6 is 11.6 Å². The minimum Gasteiger partial charge on any atom is -0.489 e. The van der Waals surface area contributed by atoms with Gasteiger partial charge in [-0.2, -0.15) is 18.1 Å². The van der Waals surface area contributed by atoms with E-state index in [0.717, 1.165) is 28.3 Å². The van der Waals surface area contributed by atoms with Gasteiger partial charge in [0.2, 0.25) is 0 Å². The molecule has 0 saturated heterocycles. The molecule has 1 unspecified atom stereocenters. The number of fused-ring (bicyclic) bond motifs is 1. The first-order valence-corrected chi connectivity index (χ1v) is 13.8. The molecule has 0 saturated carbocycles. The lowest BCUT2D eigenvalue weighted by molar-refractivity contribution is -0.295. The van der Waals surface area contributed by atoms with E-state index in [0.29, 0.717) is 33.7 Å². The second-order valence-corrected chi connectivity index (χ2v) is 10.5. The number of carbonyl (C=O) groups excluding carboxylic acids is 1. The van der Waals surface area contributed by atoms with Crippen molar-refractivity contribution in [2.45, 2.75) is 39.2 Å². The number of aromatic nitrogens is 1. The molecule has 220 valence electrons. The molecule has 5 aromatic rings. The minimum absolute atomic E-state index is 0.113. The third-order valence-corrected chi connectivity index (χ3v) is 7.10. The number of benzene rings is 4. The Morgan fingerprint density at radius 1 is 0.930 bits per heavy atom. The van der Waals surface area contributed by atoms with E-state index in [1.54, 1.807) is 31.2 Å². The van der Waals surface area contributed by atoms with E-state index in [4.69, 9.17) is 21.2 Å². The maximum Gasteiger partial charge on any atom is 0.418 e. The lowest BCUT2D eigenvalue weighted by Crippen LogP contribution is -2.07. The summed E-state index contributed by atoms with van der Waals surface area (Å²) in [6.07, 6.45) is -3.08. The first-order valence-electron chi connectivity index (χ1n) is 13.5. The Morgan fingerprint density at radius 2 is 1.67 bits per heavy atom. The fourth-order valence-electron chi connectivity index (χ4n) is 4.83. The van der Waals surface area contributed by atoms with Crippen LogP contribution in [0, 0.1) is 0 Å². The normalized spacial score (nSPS) is 12.2. The van der Waals surface area contributed by atoms with Gasteiger partial charge < -0.3 is 4.74 Å². The van der Waals surface area contributed by atoms with Crippen molar-refractivity contribution < 1.29 is 32.5 Å². The standard InChI is InChI=1S/C34H27ClF3NO4/c1-21(42-43-22(2)40)25-7-3-6-24(17-25)20-41-29-9-4-8-26(18-29)32-27(16-23-12-14-28(35)15-13-23)19-39-33-30(32)10-5-11-31(33)34(36,37)38/h3-15,17-19,21H,16,20H2,1-2H3. The fourth-order valence-corrected chi connectivity index (χ4v) is 4.96. The van der Waals surface area contributed by atoms with E-state index < -0.39 is 23.8 Å². The Morgan fingerprint density at radius 3 is 2.42 bits per heavy atom. The SMILES string of the molecule is CC(=O)OOC(C)c1cccc(COc2cccc(-c3c(Cc4ccc(Cl)cc4)cnc4c(C(F)(F)F)cccc34)c2)c1. The number of halogens is 4. The maximum absolute atomic E-state index is 13.9. The second kappa shape index (κ2) is 12.9. The summed E-state index contributed by atoms with van der Waals surface area (Å²) in [7, 11) is 0. The van der Waals surface area contributed by atoms with Crippen LogP contribution in [0.25, 0.3) is 22.0 Å². The number of pyridine rings is 1. The lowest BCUT2D eigenvalue weighted by atomic mass is 9.92. The molecule has 0 bridgehead atoms. The van der Waals surface area contributed by atoms with Crippen LogP contribution in [-0.2, 0) is 33.8 Å². The average Bonchev–Trinajstić information content (AvgIpc) is 2.99. The number of ether oxygens (including phenoxy) is 1. The average molecular weight is 606 g/mol. The summed E-state index contributed by atoms with van der Waals surface area (Å²) in [5.41, 5.74) is 3.81. The molecule has 1 heterocycles. The Balaban J connectivity index is 1.48. The molecule has 0 N–H and O–H groups in total. The van der Waals surface area contributed by atoms with Gasteiger partial charge in [-0.15, -0.1) is 0 Å². The molecule has 1 aromatic heterocycles. The van der Waals surface area contributed by atoms with Crippen molar-refractivity contribution in [1.29, 1.82) is 0 Å². The van der Waals surface area contributed by atoms with E-state index in [1.165, 1.54) is 19.2 Å². The summed E-state index contributed by atoms with van der Waals surface area (Å²) in [6.45, 7) is 3.25. The summed E-state index contributed by atoms with van der Waals surface area (Å²) in [5.74, 6) is 0.000597. The van der Waals surface area contributed by atoms with Gasteiger partial charge >= 0.3 is 12.1 Å². The zero-order valence-electron chi connectivity index (χ0n) is 23.3. The lowest BCUT2D eigenvalue weighted by Gasteiger charge is -2.17. The van der Waals surface area contributed by atoms with E-state index in [1.807, 2.05) is 54.6 Å². The zero-order valence-corrected chi connectivity index (χ0v) is 24.1. The Kier molecular flexibility index (Phi) is 8.99. The summed E-state index contributed by atoms with van der Waals surface area (Å²) in [5, 5.41) is 0.991. The molecule has 0 aliphatic carbocycles. The van der Waals surface area contributed by atoms with Crippen LogP contribution in [0.4, 0.5) is 13.2 Å². The Bertz CT molecular complexity index is 1760. The van der Waals surface area contributed by atoms with E-state index in [9.17, 15) is 18.0 Å². The van der Waals surface area contributed by atoms with Gasteiger partial charge in [-0.25, -0.2) is 4.79 Å². The summed E-state index contributed by atoms with van der Waals surface area (Å²) < 4.78 is 47.9. The predicted octanol–water partition coefficient (Wildman–Crippen LogP) is 9.30. The molecule has 0 spiro atoms. The van der Waals surface area contributed by atoms with Crippen molar-refractivity contribution in [1.82, 2.24) is 4.98 Å². The molecule has 5 nitrogen and oxygen atoms in total. The highest BCUT2D eigenvalue weighted by Gasteiger charge is 2.33. The van der Waals surface area contributed by atoms with Crippen LogP contribution in [0.3, 0.4) is 0 Å². The number of para-hydroxylation sites is 1.